The zero-order valence-corrected chi connectivity index (χ0v) is 22.5. The van der Waals surface area contributed by atoms with E-state index in [0.29, 0.717) is 74.4 Å². The van der Waals surface area contributed by atoms with Crippen molar-refractivity contribution in [3.05, 3.63) is 47.5 Å². The lowest BCUT2D eigenvalue weighted by atomic mass is 9.94. The molecule has 0 aromatic heterocycles. The van der Waals surface area contributed by atoms with Crippen LogP contribution in [0.15, 0.2) is 36.4 Å². The molecule has 39 heavy (non-hydrogen) atoms. The molecule has 2 fully saturated rings. The highest BCUT2D eigenvalue weighted by Gasteiger charge is 2.44. The van der Waals surface area contributed by atoms with E-state index in [0.717, 1.165) is 37.3 Å². The second-order valence-corrected chi connectivity index (χ2v) is 10.8. The highest BCUT2D eigenvalue weighted by molar-refractivity contribution is 5.99. The SMILES string of the molecule is COc1ccc2cc1OCCCCN(C(=O)c1cccc3c1OCCO3)CC(=O)NC[C@H]1C[C@H]2N2CCC[C@@H]12. The summed E-state index contributed by atoms with van der Waals surface area (Å²) in [6, 6.07) is 12.3. The van der Waals surface area contributed by atoms with E-state index in [2.05, 4.69) is 22.3 Å². The number of hydrogen-bond acceptors (Lipinski definition) is 7. The molecule has 4 bridgehead atoms. The van der Waals surface area contributed by atoms with Crippen molar-refractivity contribution < 1.29 is 28.5 Å². The van der Waals surface area contributed by atoms with Crippen LogP contribution in [0, 0.1) is 5.92 Å². The van der Waals surface area contributed by atoms with Gasteiger partial charge in [0, 0.05) is 25.2 Å². The Kier molecular flexibility index (Phi) is 7.50. The van der Waals surface area contributed by atoms with E-state index in [1.54, 1.807) is 30.2 Å². The minimum absolute atomic E-state index is 0.00160. The van der Waals surface area contributed by atoms with Crippen LogP contribution in [-0.4, -0.2) is 80.8 Å². The van der Waals surface area contributed by atoms with Crippen molar-refractivity contribution in [2.45, 2.75) is 44.2 Å². The van der Waals surface area contributed by atoms with E-state index < -0.39 is 0 Å². The van der Waals surface area contributed by atoms with Crippen molar-refractivity contribution in [3.63, 3.8) is 0 Å². The Hall–Kier alpha value is -3.46. The number of rotatable bonds is 2. The average molecular weight is 536 g/mol. The molecule has 9 heteroatoms. The molecule has 0 aliphatic carbocycles. The normalized spacial score (nSPS) is 25.4. The summed E-state index contributed by atoms with van der Waals surface area (Å²) in [5, 5.41) is 3.17. The van der Waals surface area contributed by atoms with Crippen molar-refractivity contribution in [3.8, 4) is 23.0 Å². The fourth-order valence-electron chi connectivity index (χ4n) is 6.57. The monoisotopic (exact) mass is 535 g/mol. The van der Waals surface area contributed by atoms with Gasteiger partial charge in [-0.1, -0.05) is 12.1 Å². The van der Waals surface area contributed by atoms with Gasteiger partial charge >= 0.3 is 0 Å². The molecule has 0 spiro atoms. The fraction of sp³-hybridized carbons (Fsp3) is 0.533. The third-order valence-electron chi connectivity index (χ3n) is 8.44. The number of methoxy groups -OCH3 is 1. The summed E-state index contributed by atoms with van der Waals surface area (Å²) in [5.41, 5.74) is 1.67. The number of amides is 2. The van der Waals surface area contributed by atoms with Crippen molar-refractivity contribution in [2.75, 3.05) is 53.1 Å². The van der Waals surface area contributed by atoms with Crippen LogP contribution in [0.4, 0.5) is 0 Å². The number of carbonyl (C=O) groups is 2. The van der Waals surface area contributed by atoms with E-state index in [1.807, 2.05) is 6.07 Å². The first-order valence-corrected chi connectivity index (χ1v) is 14.1. The number of fused-ring (bicyclic) bond motifs is 9. The number of ether oxygens (including phenoxy) is 4. The molecule has 9 nitrogen and oxygen atoms in total. The number of para-hydroxylation sites is 1. The molecule has 4 aliphatic heterocycles. The van der Waals surface area contributed by atoms with Gasteiger partial charge in [0.05, 0.1) is 25.8 Å². The number of nitrogens with zero attached hydrogens (tertiary/aromatic N) is 2. The van der Waals surface area contributed by atoms with Gasteiger partial charge in [0.1, 0.15) is 13.2 Å². The van der Waals surface area contributed by atoms with Gasteiger partial charge in [-0.2, -0.15) is 0 Å². The number of hydrogen-bond donors (Lipinski definition) is 1. The average Bonchev–Trinajstić information content (AvgIpc) is 3.57. The van der Waals surface area contributed by atoms with Crippen LogP contribution in [0.5, 0.6) is 23.0 Å². The van der Waals surface area contributed by atoms with E-state index in [9.17, 15) is 9.59 Å². The Bertz CT molecular complexity index is 1220. The molecule has 0 unspecified atom stereocenters. The van der Waals surface area contributed by atoms with Gasteiger partial charge in [0.25, 0.3) is 5.91 Å². The zero-order chi connectivity index (χ0) is 26.8. The quantitative estimate of drug-likeness (QED) is 0.630. The maximum Gasteiger partial charge on any atom is 0.258 e. The molecule has 0 radical (unpaired) electrons. The van der Waals surface area contributed by atoms with E-state index in [1.165, 1.54) is 12.0 Å². The van der Waals surface area contributed by atoms with Crippen LogP contribution in [0.3, 0.4) is 0 Å². The van der Waals surface area contributed by atoms with Gasteiger partial charge in [-0.25, -0.2) is 0 Å². The Morgan fingerprint density at radius 3 is 2.77 bits per heavy atom. The predicted molar refractivity (Wildman–Crippen MR) is 145 cm³/mol. The Balaban J connectivity index is 1.24. The largest absolute Gasteiger partial charge is 0.493 e. The van der Waals surface area contributed by atoms with Crippen LogP contribution < -0.4 is 24.3 Å². The maximum absolute atomic E-state index is 13.7. The molecule has 4 aliphatic rings. The molecule has 3 atom stereocenters. The van der Waals surface area contributed by atoms with Crippen LogP contribution in [0.2, 0.25) is 0 Å². The maximum atomic E-state index is 13.7. The molecule has 2 aromatic carbocycles. The minimum Gasteiger partial charge on any atom is -0.493 e. The van der Waals surface area contributed by atoms with Gasteiger partial charge in [-0.05, 0) is 74.4 Å². The molecule has 208 valence electrons. The summed E-state index contributed by atoms with van der Waals surface area (Å²) in [6.45, 7) is 3.44. The summed E-state index contributed by atoms with van der Waals surface area (Å²) < 4.78 is 23.3. The molecule has 6 rings (SSSR count). The first-order chi connectivity index (χ1) is 19.1. The summed E-state index contributed by atoms with van der Waals surface area (Å²) in [5.74, 6) is 2.50. The van der Waals surface area contributed by atoms with Crippen LogP contribution in [0.1, 0.15) is 54.1 Å². The summed E-state index contributed by atoms with van der Waals surface area (Å²) in [6.07, 6.45) is 4.70. The van der Waals surface area contributed by atoms with E-state index in [4.69, 9.17) is 18.9 Å². The topological polar surface area (TPSA) is 89.6 Å². The molecule has 0 saturated carbocycles. The highest BCUT2D eigenvalue weighted by atomic mass is 16.6. The van der Waals surface area contributed by atoms with Crippen molar-refractivity contribution >= 4 is 11.8 Å². The highest BCUT2D eigenvalue weighted by Crippen LogP contribution is 2.46. The second kappa shape index (κ2) is 11.3. The van der Waals surface area contributed by atoms with Gasteiger partial charge < -0.3 is 29.2 Å². The van der Waals surface area contributed by atoms with Crippen LogP contribution in [-0.2, 0) is 4.79 Å². The van der Waals surface area contributed by atoms with Gasteiger partial charge in [0.15, 0.2) is 23.0 Å². The van der Waals surface area contributed by atoms with Gasteiger partial charge in [-0.15, -0.1) is 0 Å². The molecular formula is C30H37N3O6. The third-order valence-corrected chi connectivity index (χ3v) is 8.44. The smallest absolute Gasteiger partial charge is 0.258 e. The molecule has 1 N–H and O–H groups in total. The second-order valence-electron chi connectivity index (χ2n) is 10.8. The molecule has 4 heterocycles. The fourth-order valence-corrected chi connectivity index (χ4v) is 6.57. The Labute approximate surface area is 229 Å². The Morgan fingerprint density at radius 2 is 1.87 bits per heavy atom. The summed E-state index contributed by atoms with van der Waals surface area (Å²) in [4.78, 5) is 31.1. The van der Waals surface area contributed by atoms with E-state index >= 15 is 0 Å². The molecule has 2 saturated heterocycles. The third kappa shape index (κ3) is 5.24. The standard InChI is InChI=1S/C30H37N3O6/c1-36-25-10-9-20-17-27(25)37-13-3-2-11-32(30(35)22-6-4-8-26-29(22)39-15-14-38-26)19-28(34)31-18-21-16-24(20)33-12-5-7-23(21)33/h4,6,8-10,17,21,23-24H,2-3,5,7,11-16,18-19H2,1H3,(H,31,34)/t21-,23+,24-/m1/s1. The number of nitrogens with one attached hydrogen (secondary N) is 1. The van der Waals surface area contributed by atoms with Crippen molar-refractivity contribution in [1.29, 1.82) is 0 Å². The summed E-state index contributed by atoms with van der Waals surface area (Å²) in [7, 11) is 1.67. The Morgan fingerprint density at radius 1 is 1.00 bits per heavy atom. The predicted octanol–water partition coefficient (Wildman–Crippen LogP) is 3.42. The molecule has 2 amide bonds. The lowest BCUT2D eigenvalue weighted by molar-refractivity contribution is -0.122. The number of benzene rings is 2. The van der Waals surface area contributed by atoms with Crippen molar-refractivity contribution in [2.24, 2.45) is 5.92 Å². The first-order valence-electron chi connectivity index (χ1n) is 14.1. The van der Waals surface area contributed by atoms with E-state index in [-0.39, 0.29) is 18.4 Å². The van der Waals surface area contributed by atoms with Gasteiger partial charge in [0.2, 0.25) is 5.91 Å². The van der Waals surface area contributed by atoms with Crippen LogP contribution >= 0.6 is 0 Å². The minimum atomic E-state index is -0.230. The molecular weight excluding hydrogens is 498 g/mol. The van der Waals surface area contributed by atoms with Gasteiger partial charge in [-0.3, -0.25) is 14.5 Å². The summed E-state index contributed by atoms with van der Waals surface area (Å²) >= 11 is 0. The number of carbonyl (C=O) groups excluding carboxylic acids is 2. The lowest BCUT2D eigenvalue weighted by Crippen LogP contribution is -2.43. The lowest BCUT2D eigenvalue weighted by Gasteiger charge is -2.26. The zero-order valence-electron chi connectivity index (χ0n) is 22.5. The van der Waals surface area contributed by atoms with Crippen LogP contribution in [0.25, 0.3) is 0 Å². The van der Waals surface area contributed by atoms with Crippen molar-refractivity contribution in [1.82, 2.24) is 15.1 Å². The first kappa shape index (κ1) is 25.8. The molecule has 2 aromatic rings.